The van der Waals surface area contributed by atoms with Crippen LogP contribution in [0.1, 0.15) is 23.3 Å². The van der Waals surface area contributed by atoms with Gasteiger partial charge >= 0.3 is 11.8 Å². The van der Waals surface area contributed by atoms with Crippen LogP contribution < -0.4 is 4.74 Å². The van der Waals surface area contributed by atoms with Gasteiger partial charge in [0.25, 0.3) is 0 Å². The molecule has 1 aromatic carbocycles. The van der Waals surface area contributed by atoms with Gasteiger partial charge < -0.3 is 14.5 Å². The average molecular weight is 513 g/mol. The lowest BCUT2D eigenvalue weighted by molar-refractivity contribution is -0.136. The van der Waals surface area contributed by atoms with Gasteiger partial charge in [-0.2, -0.15) is 33.7 Å². The Bertz CT molecular complexity index is 798. The van der Waals surface area contributed by atoms with Crippen LogP contribution in [0.2, 0.25) is 0 Å². The highest BCUT2D eigenvalue weighted by Crippen LogP contribution is 2.58. The molecule has 0 unspecified atom stereocenters. The van der Waals surface area contributed by atoms with Crippen molar-refractivity contribution in [1.82, 2.24) is 0 Å². The number of thioether (sulfide) groups is 1. The highest BCUT2D eigenvalue weighted by molar-refractivity contribution is 9.10. The Hall–Kier alpha value is -0.190. The van der Waals surface area contributed by atoms with Crippen LogP contribution in [-0.2, 0) is 11.4 Å². The van der Waals surface area contributed by atoms with E-state index < -0.39 is 31.5 Å². The summed E-state index contributed by atoms with van der Waals surface area (Å²) >= 11 is 5.20. The molecule has 1 aromatic heterocycles. The predicted molar refractivity (Wildman–Crippen MR) is 103 cm³/mol. The molecule has 2 rings (SSSR count). The number of thiophene rings is 1. The van der Waals surface area contributed by atoms with Crippen LogP contribution in [0, 0.1) is 0 Å². The quantitative estimate of drug-likeness (QED) is 0.238. The Kier molecular flexibility index (Phi) is 7.77. The standard InChI is InChI=1S/C15H15BrF5O3PS2/c1-26-7-8-5-9-11(16)13(15(20,21)25(22)23)27-12(9)10(6-8)24-4-2-3-14(17,18)19/h5-6,22-23H,2-4,7H2,1H3. The Morgan fingerprint density at radius 2 is 1.89 bits per heavy atom. The summed E-state index contributed by atoms with van der Waals surface area (Å²) < 4.78 is 70.9. The predicted octanol–water partition coefficient (Wildman–Crippen LogP) is 6.59. The van der Waals surface area contributed by atoms with Gasteiger partial charge in [0.1, 0.15) is 5.75 Å². The third-order valence-electron chi connectivity index (χ3n) is 3.45. The van der Waals surface area contributed by atoms with Crippen LogP contribution in [0.3, 0.4) is 0 Å². The van der Waals surface area contributed by atoms with Gasteiger partial charge in [0.15, 0.2) is 0 Å². The molecular weight excluding hydrogens is 498 g/mol. The molecule has 0 spiro atoms. The first-order chi connectivity index (χ1) is 12.5. The van der Waals surface area contributed by atoms with Gasteiger partial charge in [0.05, 0.1) is 16.2 Å². The Balaban J connectivity index is 2.42. The summed E-state index contributed by atoms with van der Waals surface area (Å²) in [5.41, 5.74) is -3.09. The van der Waals surface area contributed by atoms with Gasteiger partial charge in [0.2, 0.25) is 8.38 Å². The number of fused-ring (bicyclic) bond motifs is 1. The summed E-state index contributed by atoms with van der Waals surface area (Å²) in [5, 5.41) is 0.392. The molecule has 0 aliphatic heterocycles. The van der Waals surface area contributed by atoms with E-state index in [2.05, 4.69) is 15.9 Å². The minimum absolute atomic E-state index is 0.0196. The van der Waals surface area contributed by atoms with Crippen LogP contribution in [0.5, 0.6) is 5.75 Å². The summed E-state index contributed by atoms with van der Waals surface area (Å²) in [6, 6.07) is 3.28. The van der Waals surface area contributed by atoms with Gasteiger partial charge in [-0.25, -0.2) is 0 Å². The lowest BCUT2D eigenvalue weighted by Crippen LogP contribution is -2.09. The highest BCUT2D eigenvalue weighted by atomic mass is 79.9. The van der Waals surface area contributed by atoms with Gasteiger partial charge in [-0.1, -0.05) is 0 Å². The van der Waals surface area contributed by atoms with Crippen LogP contribution >= 0.6 is 47.4 Å². The van der Waals surface area contributed by atoms with E-state index in [1.165, 1.54) is 11.8 Å². The molecule has 0 amide bonds. The number of rotatable bonds is 8. The van der Waals surface area contributed by atoms with Crippen LogP contribution in [-0.4, -0.2) is 28.8 Å². The fraction of sp³-hybridized carbons (Fsp3) is 0.467. The zero-order valence-corrected chi connectivity index (χ0v) is 17.9. The third kappa shape index (κ3) is 5.67. The molecule has 152 valence electrons. The SMILES string of the molecule is CSCc1cc(OCCCC(F)(F)F)c2sc(C(F)(F)P(O)O)c(Br)c2c1. The maximum absolute atomic E-state index is 14.1. The van der Waals surface area contributed by atoms with Crippen LogP contribution in [0.25, 0.3) is 10.1 Å². The van der Waals surface area contributed by atoms with Crippen molar-refractivity contribution >= 4 is 57.5 Å². The van der Waals surface area contributed by atoms with Gasteiger partial charge in [-0.3, -0.25) is 0 Å². The van der Waals surface area contributed by atoms with E-state index in [4.69, 9.17) is 14.5 Å². The maximum atomic E-state index is 14.1. The Morgan fingerprint density at radius 3 is 2.44 bits per heavy atom. The zero-order valence-electron chi connectivity index (χ0n) is 13.8. The van der Waals surface area contributed by atoms with E-state index in [1.54, 1.807) is 12.1 Å². The molecule has 0 bridgehead atoms. The number of alkyl halides is 5. The van der Waals surface area contributed by atoms with Crippen LogP contribution in [0.4, 0.5) is 22.0 Å². The second-order valence-corrected chi connectivity index (χ2v) is 9.37. The number of benzene rings is 1. The first-order valence-electron chi connectivity index (χ1n) is 7.47. The maximum Gasteiger partial charge on any atom is 0.389 e. The van der Waals surface area contributed by atoms with Gasteiger partial charge in [-0.05, 0) is 46.3 Å². The molecule has 0 saturated carbocycles. The Labute approximate surface area is 170 Å². The molecule has 1 heterocycles. The molecule has 12 heteroatoms. The molecule has 2 N–H and O–H groups in total. The molecule has 0 radical (unpaired) electrons. The van der Waals surface area contributed by atoms with E-state index in [9.17, 15) is 22.0 Å². The molecule has 27 heavy (non-hydrogen) atoms. The second-order valence-electron chi connectivity index (χ2n) is 5.55. The monoisotopic (exact) mass is 512 g/mol. The smallest absolute Gasteiger partial charge is 0.389 e. The average Bonchev–Trinajstić information content (AvgIpc) is 2.89. The molecule has 2 aromatic rings. The summed E-state index contributed by atoms with van der Waals surface area (Å²) in [5.74, 6) is 0.752. The Morgan fingerprint density at radius 1 is 1.22 bits per heavy atom. The van der Waals surface area contributed by atoms with Crippen molar-refractivity contribution in [3.8, 4) is 5.75 Å². The normalized spacial score (nSPS) is 13.0. The number of hydrogen-bond acceptors (Lipinski definition) is 5. The fourth-order valence-electron chi connectivity index (χ4n) is 2.29. The number of hydrogen-bond donors (Lipinski definition) is 2. The molecule has 3 nitrogen and oxygen atoms in total. The minimum atomic E-state index is -4.29. The fourth-order valence-corrected chi connectivity index (χ4v) is 5.57. The molecule has 0 aliphatic rings. The van der Waals surface area contributed by atoms with Crippen molar-refractivity contribution in [2.24, 2.45) is 0 Å². The zero-order chi connectivity index (χ0) is 20.4. The van der Waals surface area contributed by atoms with E-state index in [1.807, 2.05) is 6.26 Å². The first-order valence-corrected chi connectivity index (χ1v) is 11.7. The largest absolute Gasteiger partial charge is 0.492 e. The topological polar surface area (TPSA) is 49.7 Å². The molecule has 0 aliphatic carbocycles. The lowest BCUT2D eigenvalue weighted by atomic mass is 10.1. The number of halogens is 6. The van der Waals surface area contributed by atoms with E-state index in [0.29, 0.717) is 27.2 Å². The summed E-state index contributed by atoms with van der Waals surface area (Å²) in [4.78, 5) is 17.6. The van der Waals surface area contributed by atoms with E-state index in [0.717, 1.165) is 5.56 Å². The van der Waals surface area contributed by atoms with Gasteiger partial charge in [0, 0.05) is 22.0 Å². The van der Waals surface area contributed by atoms with Crippen molar-refractivity contribution in [3.63, 3.8) is 0 Å². The van der Waals surface area contributed by atoms with E-state index in [-0.39, 0.29) is 23.2 Å². The summed E-state index contributed by atoms with van der Waals surface area (Å²) in [7, 11) is -3.55. The van der Waals surface area contributed by atoms with Crippen molar-refractivity contribution in [3.05, 3.63) is 27.0 Å². The van der Waals surface area contributed by atoms with Crippen molar-refractivity contribution in [2.45, 2.75) is 30.4 Å². The lowest BCUT2D eigenvalue weighted by Gasteiger charge is -2.15. The summed E-state index contributed by atoms with van der Waals surface area (Å²) in [6.45, 7) is -0.217. The first kappa shape index (κ1) is 23.1. The molecular formula is C15H15BrF5O3PS2. The third-order valence-corrected chi connectivity index (χ3v) is 7.33. The second kappa shape index (κ2) is 9.09. The van der Waals surface area contributed by atoms with Crippen molar-refractivity contribution in [2.75, 3.05) is 12.9 Å². The molecule has 0 atom stereocenters. The van der Waals surface area contributed by atoms with Crippen LogP contribution in [0.15, 0.2) is 16.6 Å². The summed E-state index contributed by atoms with van der Waals surface area (Å²) in [6.07, 6.45) is -3.70. The van der Waals surface area contributed by atoms with E-state index >= 15 is 0 Å². The van der Waals surface area contributed by atoms with Gasteiger partial charge in [-0.15, -0.1) is 11.3 Å². The minimum Gasteiger partial charge on any atom is -0.492 e. The highest BCUT2D eigenvalue weighted by Gasteiger charge is 2.45. The molecule has 0 fully saturated rings. The van der Waals surface area contributed by atoms with Crippen molar-refractivity contribution in [1.29, 1.82) is 0 Å². The van der Waals surface area contributed by atoms with Crippen molar-refractivity contribution < 1.29 is 36.5 Å². The molecule has 0 saturated heterocycles. The number of ether oxygens (including phenoxy) is 1.